The van der Waals surface area contributed by atoms with Gasteiger partial charge in [0.2, 0.25) is 0 Å². The highest BCUT2D eigenvalue weighted by atomic mass is 32.2. The van der Waals surface area contributed by atoms with Crippen LogP contribution in [-0.2, 0) is 4.74 Å². The van der Waals surface area contributed by atoms with E-state index in [1.165, 1.54) is 16.7 Å². The van der Waals surface area contributed by atoms with Gasteiger partial charge in [0, 0.05) is 11.5 Å². The zero-order valence-corrected chi connectivity index (χ0v) is 12.3. The lowest BCUT2D eigenvalue weighted by atomic mass is 9.98. The first-order valence-corrected chi connectivity index (χ1v) is 7.87. The van der Waals surface area contributed by atoms with Gasteiger partial charge in [0.15, 0.2) is 0 Å². The minimum atomic E-state index is 0.297. The lowest BCUT2D eigenvalue weighted by Crippen LogP contribution is -2.38. The number of nitrogens with one attached hydrogen (secondary N) is 1. The molecule has 0 amide bonds. The number of hydrogen-bond acceptors (Lipinski definition) is 3. The molecule has 3 heteroatoms. The fourth-order valence-electron chi connectivity index (χ4n) is 2.34. The molecule has 0 bridgehead atoms. The Morgan fingerprint density at radius 1 is 1.39 bits per heavy atom. The van der Waals surface area contributed by atoms with E-state index in [0.717, 1.165) is 24.7 Å². The van der Waals surface area contributed by atoms with Crippen LogP contribution in [0, 0.1) is 13.8 Å². The van der Waals surface area contributed by atoms with Gasteiger partial charge in [-0.05, 0) is 37.1 Å². The number of hydrogen-bond donors (Lipinski definition) is 1. The summed E-state index contributed by atoms with van der Waals surface area (Å²) in [5.41, 5.74) is 4.07. The Morgan fingerprint density at radius 3 is 2.83 bits per heavy atom. The van der Waals surface area contributed by atoms with Crippen molar-refractivity contribution in [3.8, 4) is 0 Å². The molecule has 100 valence electrons. The molecule has 2 unspecified atom stereocenters. The van der Waals surface area contributed by atoms with Gasteiger partial charge < -0.3 is 10.1 Å². The number of aryl methyl sites for hydroxylation is 2. The summed E-state index contributed by atoms with van der Waals surface area (Å²) in [5.74, 6) is 2.22. The van der Waals surface area contributed by atoms with Crippen LogP contribution in [0.5, 0.6) is 0 Å². The zero-order chi connectivity index (χ0) is 13.0. The topological polar surface area (TPSA) is 21.3 Å². The Kier molecular flexibility index (Phi) is 5.10. The lowest BCUT2D eigenvalue weighted by Gasteiger charge is -2.31. The summed E-state index contributed by atoms with van der Waals surface area (Å²) in [4.78, 5) is 0. The van der Waals surface area contributed by atoms with E-state index in [2.05, 4.69) is 44.3 Å². The number of rotatable bonds is 4. The van der Waals surface area contributed by atoms with Gasteiger partial charge in [-0.3, -0.25) is 0 Å². The molecular weight excluding hydrogens is 242 g/mol. The number of ether oxygens (including phenoxy) is 1. The first-order valence-electron chi connectivity index (χ1n) is 6.72. The molecule has 2 nitrogen and oxygen atoms in total. The van der Waals surface area contributed by atoms with E-state index in [-0.39, 0.29) is 0 Å². The molecule has 0 aromatic heterocycles. The van der Waals surface area contributed by atoms with E-state index in [4.69, 9.17) is 4.74 Å². The summed E-state index contributed by atoms with van der Waals surface area (Å²) in [7, 11) is 0. The summed E-state index contributed by atoms with van der Waals surface area (Å²) >= 11 is 1.99. The van der Waals surface area contributed by atoms with Crippen LogP contribution in [0.2, 0.25) is 0 Å². The number of likely N-dealkylation sites (N-methyl/N-ethyl adjacent to an activating group) is 1. The average molecular weight is 265 g/mol. The van der Waals surface area contributed by atoms with Crippen molar-refractivity contribution < 1.29 is 4.74 Å². The van der Waals surface area contributed by atoms with Crippen LogP contribution in [0.4, 0.5) is 0 Å². The maximum Gasteiger partial charge on any atom is 0.0860 e. The fraction of sp³-hybridized carbons (Fsp3) is 0.600. The maximum absolute atomic E-state index is 5.93. The van der Waals surface area contributed by atoms with Gasteiger partial charge in [-0.15, -0.1) is 0 Å². The largest absolute Gasteiger partial charge is 0.375 e. The molecule has 0 saturated carbocycles. The van der Waals surface area contributed by atoms with Crippen LogP contribution in [0.15, 0.2) is 18.2 Å². The Hall–Kier alpha value is -0.510. The van der Waals surface area contributed by atoms with E-state index in [9.17, 15) is 0 Å². The van der Waals surface area contributed by atoms with Crippen molar-refractivity contribution >= 4 is 11.8 Å². The second kappa shape index (κ2) is 6.60. The van der Waals surface area contributed by atoms with Gasteiger partial charge >= 0.3 is 0 Å². The highest BCUT2D eigenvalue weighted by Crippen LogP contribution is 2.26. The molecule has 1 aliphatic heterocycles. The Labute approximate surface area is 114 Å². The highest BCUT2D eigenvalue weighted by molar-refractivity contribution is 7.99. The Balaban J connectivity index is 2.19. The van der Waals surface area contributed by atoms with Crippen LogP contribution < -0.4 is 5.32 Å². The van der Waals surface area contributed by atoms with Crippen LogP contribution in [0.3, 0.4) is 0 Å². The predicted octanol–water partition coefficient (Wildman–Crippen LogP) is 3.09. The lowest BCUT2D eigenvalue weighted by molar-refractivity contribution is 0.0472. The summed E-state index contributed by atoms with van der Waals surface area (Å²) in [6, 6.07) is 7.07. The molecule has 1 aromatic rings. The summed E-state index contributed by atoms with van der Waals surface area (Å²) in [5, 5.41) is 3.58. The van der Waals surface area contributed by atoms with Crippen molar-refractivity contribution in [3.05, 3.63) is 34.9 Å². The third-order valence-electron chi connectivity index (χ3n) is 3.53. The summed E-state index contributed by atoms with van der Waals surface area (Å²) in [6.07, 6.45) is 0.297. The van der Waals surface area contributed by atoms with Gasteiger partial charge in [-0.2, -0.15) is 11.8 Å². The molecule has 2 atom stereocenters. The van der Waals surface area contributed by atoms with E-state index in [0.29, 0.717) is 12.1 Å². The minimum absolute atomic E-state index is 0.297. The quantitative estimate of drug-likeness (QED) is 0.904. The van der Waals surface area contributed by atoms with Crippen molar-refractivity contribution in [2.24, 2.45) is 0 Å². The number of thioether (sulfide) groups is 1. The van der Waals surface area contributed by atoms with E-state index in [1.54, 1.807) is 0 Å². The van der Waals surface area contributed by atoms with Gasteiger partial charge in [-0.25, -0.2) is 0 Å². The van der Waals surface area contributed by atoms with Crippen molar-refractivity contribution in [2.75, 3.05) is 24.7 Å². The second-order valence-electron chi connectivity index (χ2n) is 4.86. The van der Waals surface area contributed by atoms with E-state index in [1.807, 2.05) is 11.8 Å². The van der Waals surface area contributed by atoms with Crippen LogP contribution in [0.25, 0.3) is 0 Å². The average Bonchev–Trinajstić information content (AvgIpc) is 2.40. The molecular formula is C15H23NOS. The van der Waals surface area contributed by atoms with Gasteiger partial charge in [0.1, 0.15) is 0 Å². The minimum Gasteiger partial charge on any atom is -0.375 e. The Bertz CT molecular complexity index is 388. The first kappa shape index (κ1) is 13.9. The SMILES string of the molecule is CCNC(c1ccc(C)c(C)c1)C1CSCCO1. The molecule has 0 radical (unpaired) electrons. The van der Waals surface area contributed by atoms with Gasteiger partial charge in [0.25, 0.3) is 0 Å². The molecule has 0 spiro atoms. The van der Waals surface area contributed by atoms with E-state index >= 15 is 0 Å². The van der Waals surface area contributed by atoms with Crippen molar-refractivity contribution in [1.82, 2.24) is 5.32 Å². The van der Waals surface area contributed by atoms with E-state index < -0.39 is 0 Å². The number of benzene rings is 1. The predicted molar refractivity (Wildman–Crippen MR) is 79.4 cm³/mol. The first-order chi connectivity index (χ1) is 8.72. The van der Waals surface area contributed by atoms with Crippen LogP contribution >= 0.6 is 11.8 Å². The molecule has 0 aliphatic carbocycles. The maximum atomic E-state index is 5.93. The fourth-order valence-corrected chi connectivity index (χ4v) is 3.24. The second-order valence-corrected chi connectivity index (χ2v) is 6.01. The summed E-state index contributed by atoms with van der Waals surface area (Å²) in [6.45, 7) is 8.35. The van der Waals surface area contributed by atoms with Crippen molar-refractivity contribution in [2.45, 2.75) is 32.9 Å². The zero-order valence-electron chi connectivity index (χ0n) is 11.5. The van der Waals surface area contributed by atoms with Gasteiger partial charge in [0.05, 0.1) is 18.8 Å². The van der Waals surface area contributed by atoms with Crippen molar-refractivity contribution in [3.63, 3.8) is 0 Å². The monoisotopic (exact) mass is 265 g/mol. The van der Waals surface area contributed by atoms with Crippen LogP contribution in [0.1, 0.15) is 29.7 Å². The third kappa shape index (κ3) is 3.28. The molecule has 2 rings (SSSR count). The van der Waals surface area contributed by atoms with Crippen LogP contribution in [-0.4, -0.2) is 30.8 Å². The molecule has 1 aromatic carbocycles. The molecule has 1 fully saturated rings. The normalized spacial score (nSPS) is 21.8. The molecule has 1 saturated heterocycles. The highest BCUT2D eigenvalue weighted by Gasteiger charge is 2.25. The Morgan fingerprint density at radius 2 is 2.22 bits per heavy atom. The molecule has 18 heavy (non-hydrogen) atoms. The smallest absolute Gasteiger partial charge is 0.0860 e. The summed E-state index contributed by atoms with van der Waals surface area (Å²) < 4.78 is 5.93. The molecule has 1 heterocycles. The van der Waals surface area contributed by atoms with Crippen molar-refractivity contribution in [1.29, 1.82) is 0 Å². The van der Waals surface area contributed by atoms with Gasteiger partial charge in [-0.1, -0.05) is 25.1 Å². The molecule has 1 aliphatic rings. The third-order valence-corrected chi connectivity index (χ3v) is 4.55. The standard InChI is InChI=1S/C15H23NOS/c1-4-16-15(14-10-18-8-7-17-14)13-6-5-11(2)12(3)9-13/h5-6,9,14-16H,4,7-8,10H2,1-3H3. The molecule has 1 N–H and O–H groups in total.